The van der Waals surface area contributed by atoms with Crippen LogP contribution in [-0.2, 0) is 4.79 Å². The average Bonchev–Trinajstić information content (AvgIpc) is 2.87. The van der Waals surface area contributed by atoms with E-state index in [9.17, 15) is 9.59 Å². The minimum absolute atomic E-state index is 0.209. The Morgan fingerprint density at radius 2 is 1.86 bits per heavy atom. The number of methoxy groups -OCH3 is 1. The number of nitrogens with one attached hydrogen (secondary N) is 2. The van der Waals surface area contributed by atoms with E-state index in [1.165, 1.54) is 12.3 Å². The van der Waals surface area contributed by atoms with Crippen LogP contribution in [-0.4, -0.2) is 67.9 Å². The quantitative estimate of drug-likeness (QED) is 0.267. The van der Waals surface area contributed by atoms with Crippen LogP contribution in [0.2, 0.25) is 0 Å². The first-order chi connectivity index (χ1) is 17.2. The Labute approximate surface area is 219 Å². The first-order valence-corrected chi connectivity index (χ1v) is 11.9. The van der Waals surface area contributed by atoms with Crippen molar-refractivity contribution in [3.05, 3.63) is 77.0 Å². The zero-order valence-electron chi connectivity index (χ0n) is 20.7. The summed E-state index contributed by atoms with van der Waals surface area (Å²) in [6, 6.07) is 12.3. The smallest absolute Gasteiger partial charge is 0.247 e. The highest BCUT2D eigenvalue weighted by molar-refractivity contribution is 9.10. The molecule has 0 bridgehead atoms. The summed E-state index contributed by atoms with van der Waals surface area (Å²) >= 11 is 3.41. The number of carbonyl (C=O) groups is 2. The summed E-state index contributed by atoms with van der Waals surface area (Å²) in [5, 5.41) is 5.97. The second-order valence-corrected chi connectivity index (χ2v) is 9.04. The Morgan fingerprint density at radius 1 is 1.11 bits per heavy atom. The predicted molar refractivity (Wildman–Crippen MR) is 147 cm³/mol. The lowest BCUT2D eigenvalue weighted by molar-refractivity contribution is -0.111. The normalized spacial score (nSPS) is 10.6. The molecule has 0 aliphatic heterocycles. The van der Waals surface area contributed by atoms with E-state index < -0.39 is 0 Å². The van der Waals surface area contributed by atoms with Crippen LogP contribution in [0.4, 0.5) is 23.0 Å². The fourth-order valence-electron chi connectivity index (χ4n) is 3.35. The van der Waals surface area contributed by atoms with Crippen LogP contribution in [0.1, 0.15) is 16.1 Å². The monoisotopic (exact) mass is 552 g/mol. The maximum atomic E-state index is 13.0. The number of rotatable bonds is 11. The largest absolute Gasteiger partial charge is 0.494 e. The molecule has 0 atom stereocenters. The van der Waals surface area contributed by atoms with E-state index in [0.717, 1.165) is 18.8 Å². The molecule has 10 heteroatoms. The molecule has 0 unspecified atom stereocenters. The van der Waals surface area contributed by atoms with E-state index in [2.05, 4.69) is 48.0 Å². The minimum atomic E-state index is -0.342. The molecule has 188 valence electrons. The molecule has 0 saturated carbocycles. The number of aromatic nitrogens is 2. The topological polar surface area (TPSA) is 99.7 Å². The number of ketones is 1. The molecule has 0 fully saturated rings. The third kappa shape index (κ3) is 6.67. The Hall–Kier alpha value is -3.76. The Morgan fingerprint density at radius 3 is 2.53 bits per heavy atom. The Kier molecular flexibility index (Phi) is 9.15. The van der Waals surface area contributed by atoms with E-state index in [-0.39, 0.29) is 23.3 Å². The lowest BCUT2D eigenvalue weighted by Crippen LogP contribution is -2.29. The van der Waals surface area contributed by atoms with Crippen LogP contribution in [0.3, 0.4) is 0 Å². The highest BCUT2D eigenvalue weighted by atomic mass is 79.9. The van der Waals surface area contributed by atoms with Gasteiger partial charge in [-0.2, -0.15) is 0 Å². The average molecular weight is 553 g/mol. The minimum Gasteiger partial charge on any atom is -0.494 e. The number of benzene rings is 2. The van der Waals surface area contributed by atoms with Gasteiger partial charge >= 0.3 is 0 Å². The van der Waals surface area contributed by atoms with E-state index >= 15 is 0 Å². The molecule has 0 aliphatic carbocycles. The van der Waals surface area contributed by atoms with Gasteiger partial charge in [-0.15, -0.1) is 0 Å². The molecule has 1 aromatic heterocycles. The molecular weight excluding hydrogens is 524 g/mol. The first-order valence-electron chi connectivity index (χ1n) is 11.1. The molecule has 0 saturated heterocycles. The van der Waals surface area contributed by atoms with Crippen molar-refractivity contribution < 1.29 is 14.3 Å². The number of anilines is 4. The van der Waals surface area contributed by atoms with Gasteiger partial charge in [-0.1, -0.05) is 34.6 Å². The van der Waals surface area contributed by atoms with Gasteiger partial charge in [0.25, 0.3) is 0 Å². The van der Waals surface area contributed by atoms with Gasteiger partial charge in [-0.25, -0.2) is 9.97 Å². The third-order valence-corrected chi connectivity index (χ3v) is 6.00. The van der Waals surface area contributed by atoms with E-state index in [4.69, 9.17) is 4.74 Å². The summed E-state index contributed by atoms with van der Waals surface area (Å²) < 4.78 is 6.30. The number of hydrogen-bond donors (Lipinski definition) is 2. The zero-order chi connectivity index (χ0) is 26.2. The van der Waals surface area contributed by atoms with Crippen molar-refractivity contribution in [2.24, 2.45) is 0 Å². The highest BCUT2D eigenvalue weighted by Crippen LogP contribution is 2.38. The predicted octanol–water partition coefficient (Wildman–Crippen LogP) is 4.34. The summed E-state index contributed by atoms with van der Waals surface area (Å²) in [5.74, 6) is 0.146. The van der Waals surface area contributed by atoms with Crippen LogP contribution in [0.5, 0.6) is 5.75 Å². The van der Waals surface area contributed by atoms with Crippen molar-refractivity contribution in [3.8, 4) is 5.75 Å². The fourth-order valence-corrected chi connectivity index (χ4v) is 3.82. The Balaban J connectivity index is 1.96. The fraction of sp³-hybridized carbons (Fsp3) is 0.231. The van der Waals surface area contributed by atoms with E-state index in [1.54, 1.807) is 37.4 Å². The molecule has 3 aromatic rings. The van der Waals surface area contributed by atoms with E-state index in [1.807, 2.05) is 38.2 Å². The summed E-state index contributed by atoms with van der Waals surface area (Å²) in [6.45, 7) is 5.09. The molecule has 9 nitrogen and oxygen atoms in total. The molecule has 1 heterocycles. The maximum Gasteiger partial charge on any atom is 0.247 e. The zero-order valence-corrected chi connectivity index (χ0v) is 22.3. The second-order valence-electron chi connectivity index (χ2n) is 8.19. The van der Waals surface area contributed by atoms with Gasteiger partial charge < -0.3 is 25.2 Å². The summed E-state index contributed by atoms with van der Waals surface area (Å²) in [7, 11) is 7.49. The molecule has 2 N–H and O–H groups in total. The van der Waals surface area contributed by atoms with Crippen LogP contribution >= 0.6 is 15.9 Å². The van der Waals surface area contributed by atoms with Crippen molar-refractivity contribution in [3.63, 3.8) is 0 Å². The lowest BCUT2D eigenvalue weighted by Gasteiger charge is -2.26. The van der Waals surface area contributed by atoms with Gasteiger partial charge in [0.2, 0.25) is 17.6 Å². The Bertz CT molecular complexity index is 1260. The maximum absolute atomic E-state index is 13.0. The SMILES string of the molecule is C=CC(=O)Nc1cc(Nc2nccc(C(=O)c3ccccc3Br)n2)c(OC)cc1N(C)CCN(C)C. The molecule has 1 amide bonds. The highest BCUT2D eigenvalue weighted by Gasteiger charge is 2.18. The van der Waals surface area contributed by atoms with Gasteiger partial charge in [0, 0.05) is 42.4 Å². The third-order valence-electron chi connectivity index (χ3n) is 5.31. The molecule has 3 rings (SSSR count). The summed E-state index contributed by atoms with van der Waals surface area (Å²) in [5.41, 5.74) is 2.59. The van der Waals surface area contributed by atoms with Gasteiger partial charge in [0.05, 0.1) is 24.2 Å². The number of ether oxygens (including phenoxy) is 1. The van der Waals surface area contributed by atoms with Crippen molar-refractivity contribution >= 4 is 50.6 Å². The molecular formula is C26H29BrN6O3. The van der Waals surface area contributed by atoms with Crippen molar-refractivity contribution in [2.75, 3.05) is 56.9 Å². The van der Waals surface area contributed by atoms with Gasteiger partial charge in [0.1, 0.15) is 11.4 Å². The first kappa shape index (κ1) is 26.8. The van der Waals surface area contributed by atoms with Crippen molar-refractivity contribution in [1.82, 2.24) is 14.9 Å². The number of halogens is 1. The number of amides is 1. The number of nitrogens with zero attached hydrogens (tertiary/aromatic N) is 4. The van der Waals surface area contributed by atoms with Gasteiger partial charge in [0.15, 0.2) is 0 Å². The van der Waals surface area contributed by atoms with Gasteiger partial charge in [-0.05, 0) is 44.4 Å². The molecule has 0 aliphatic rings. The lowest BCUT2D eigenvalue weighted by atomic mass is 10.1. The number of hydrogen-bond acceptors (Lipinski definition) is 8. The van der Waals surface area contributed by atoms with Crippen LogP contribution in [0.15, 0.2) is 65.8 Å². The van der Waals surface area contributed by atoms with Crippen LogP contribution < -0.4 is 20.3 Å². The molecule has 2 aromatic carbocycles. The molecule has 0 spiro atoms. The number of likely N-dealkylation sites (N-methyl/N-ethyl adjacent to an activating group) is 2. The van der Waals surface area contributed by atoms with Crippen molar-refractivity contribution in [2.45, 2.75) is 0 Å². The summed E-state index contributed by atoms with van der Waals surface area (Å²) in [4.78, 5) is 37.9. The van der Waals surface area contributed by atoms with E-state index in [0.29, 0.717) is 27.2 Å². The second kappa shape index (κ2) is 12.3. The van der Waals surface area contributed by atoms with Gasteiger partial charge in [-0.3, -0.25) is 9.59 Å². The van der Waals surface area contributed by atoms with Crippen molar-refractivity contribution in [1.29, 1.82) is 0 Å². The van der Waals surface area contributed by atoms with Crippen LogP contribution in [0.25, 0.3) is 0 Å². The van der Waals surface area contributed by atoms with Crippen LogP contribution in [0, 0.1) is 0 Å². The number of carbonyl (C=O) groups excluding carboxylic acids is 2. The molecule has 0 radical (unpaired) electrons. The summed E-state index contributed by atoms with van der Waals surface area (Å²) in [6.07, 6.45) is 2.72. The molecule has 36 heavy (non-hydrogen) atoms. The standard InChI is InChI=1S/C26H29BrN6O3/c1-6-24(34)29-20-15-21(23(36-5)16-22(20)33(4)14-13-32(2)3)31-26-28-12-11-19(30-26)25(35)17-9-7-8-10-18(17)27/h6-12,15-16H,1,13-14H2,2-5H3,(H,29,34)(H,28,30,31).